The molecule has 0 fully saturated rings. The molecular weight excluding hydrogens is 633 g/mol. The summed E-state index contributed by atoms with van der Waals surface area (Å²) in [5.41, 5.74) is 10.3. The number of hydrogen-bond donors (Lipinski definition) is 0. The van der Waals surface area contributed by atoms with E-state index in [9.17, 15) is 0 Å². The first-order chi connectivity index (χ1) is 25.7. The Kier molecular flexibility index (Phi) is 6.23. The molecule has 0 bridgehead atoms. The summed E-state index contributed by atoms with van der Waals surface area (Å²) in [6.07, 6.45) is 0.837. The van der Waals surface area contributed by atoms with Gasteiger partial charge in [-0.1, -0.05) is 140 Å². The number of fused-ring (bicyclic) bond motifs is 6. The summed E-state index contributed by atoms with van der Waals surface area (Å²) in [6.45, 7) is 2.16. The number of ether oxygens (including phenoxy) is 1. The maximum absolute atomic E-state index is 6.61. The van der Waals surface area contributed by atoms with Crippen LogP contribution in [0.4, 0.5) is 0 Å². The smallest absolute Gasteiger partial charge is 0.153 e. The molecule has 0 N–H and O–H groups in total. The van der Waals surface area contributed by atoms with Crippen LogP contribution >= 0.6 is 0 Å². The molecular formula is C49H32N2O. The molecule has 0 unspecified atom stereocenters. The number of para-hydroxylation sites is 1. The van der Waals surface area contributed by atoms with Gasteiger partial charge in [0.2, 0.25) is 0 Å². The average Bonchev–Trinajstić information content (AvgIpc) is 3.59. The molecule has 9 aromatic carbocycles. The maximum Gasteiger partial charge on any atom is 0.153 e. The van der Waals surface area contributed by atoms with Crippen molar-refractivity contribution in [3.05, 3.63) is 170 Å². The van der Waals surface area contributed by atoms with Crippen molar-refractivity contribution in [1.29, 1.82) is 0 Å². The zero-order chi connectivity index (χ0) is 34.3. The molecule has 0 radical (unpaired) electrons. The topological polar surface area (TPSA) is 27.1 Å². The molecule has 11 rings (SSSR count). The highest BCUT2D eigenvalue weighted by atomic mass is 16.5. The highest BCUT2D eigenvalue weighted by Gasteiger charge is 2.25. The predicted molar refractivity (Wildman–Crippen MR) is 217 cm³/mol. The molecule has 3 heteroatoms. The minimum Gasteiger partial charge on any atom is -0.453 e. The molecule has 244 valence electrons. The molecule has 3 nitrogen and oxygen atoms in total. The Labute approximate surface area is 301 Å². The van der Waals surface area contributed by atoms with E-state index in [1.807, 2.05) is 12.1 Å². The van der Waals surface area contributed by atoms with E-state index < -0.39 is 0 Å². The zero-order valence-corrected chi connectivity index (χ0v) is 28.6. The van der Waals surface area contributed by atoms with Crippen molar-refractivity contribution >= 4 is 54.1 Å². The third-order valence-electron chi connectivity index (χ3n) is 10.9. The van der Waals surface area contributed by atoms with Gasteiger partial charge in [-0.05, 0) is 107 Å². The standard InChI is InChI=1S/C49H32N2O/c1-2-46-50-42-22-11-23-44-49(42)51(46)43-27-25-33(29-45(43)52-44)32-24-26-40-41(28-32)48(37-21-10-15-31-13-4-6-17-35(31)37)39-19-8-7-18-38(39)47(40)36-20-9-14-30-12-3-5-16-34(30)36/h3-29H,2H2,1H3. The first kappa shape index (κ1) is 29.1. The molecule has 10 aromatic rings. The van der Waals surface area contributed by atoms with Crippen molar-refractivity contribution in [3.8, 4) is 50.6 Å². The lowest BCUT2D eigenvalue weighted by atomic mass is 9.83. The van der Waals surface area contributed by atoms with Gasteiger partial charge >= 0.3 is 0 Å². The van der Waals surface area contributed by atoms with E-state index in [4.69, 9.17) is 9.72 Å². The van der Waals surface area contributed by atoms with Gasteiger partial charge in [-0.2, -0.15) is 0 Å². The molecule has 1 aliphatic rings. The molecule has 52 heavy (non-hydrogen) atoms. The van der Waals surface area contributed by atoms with Crippen molar-refractivity contribution in [1.82, 2.24) is 9.55 Å². The van der Waals surface area contributed by atoms with Gasteiger partial charge in [-0.25, -0.2) is 4.98 Å². The summed E-state index contributed by atoms with van der Waals surface area (Å²) in [5.74, 6) is 2.73. The van der Waals surface area contributed by atoms with Gasteiger partial charge in [-0.15, -0.1) is 0 Å². The lowest BCUT2D eigenvalue weighted by Gasteiger charge is -2.22. The first-order valence-corrected chi connectivity index (χ1v) is 18.0. The lowest BCUT2D eigenvalue weighted by molar-refractivity contribution is 0.474. The Balaban J connectivity index is 1.21. The fraction of sp³-hybridized carbons (Fsp3) is 0.0408. The normalized spacial score (nSPS) is 12.2. The van der Waals surface area contributed by atoms with Crippen LogP contribution in [0, 0.1) is 0 Å². The van der Waals surface area contributed by atoms with Gasteiger partial charge in [0.15, 0.2) is 11.5 Å². The Morgan fingerprint density at radius 2 is 1.04 bits per heavy atom. The van der Waals surface area contributed by atoms with Gasteiger partial charge in [0.05, 0.1) is 11.2 Å². The van der Waals surface area contributed by atoms with Crippen LogP contribution < -0.4 is 4.74 Å². The fourth-order valence-electron chi connectivity index (χ4n) is 8.63. The summed E-state index contributed by atoms with van der Waals surface area (Å²) in [4.78, 5) is 4.94. The molecule has 2 heterocycles. The van der Waals surface area contributed by atoms with Crippen LogP contribution in [0.2, 0.25) is 0 Å². The third-order valence-corrected chi connectivity index (χ3v) is 10.9. The van der Waals surface area contributed by atoms with E-state index in [0.29, 0.717) is 0 Å². The summed E-state index contributed by atoms with van der Waals surface area (Å²) in [7, 11) is 0. The van der Waals surface area contributed by atoms with Gasteiger partial charge < -0.3 is 4.74 Å². The van der Waals surface area contributed by atoms with Crippen molar-refractivity contribution in [3.63, 3.8) is 0 Å². The van der Waals surface area contributed by atoms with Crippen LogP contribution in [-0.2, 0) is 6.42 Å². The molecule has 0 aliphatic carbocycles. The van der Waals surface area contributed by atoms with E-state index in [0.717, 1.165) is 51.6 Å². The number of benzene rings is 9. The van der Waals surface area contributed by atoms with Gasteiger partial charge in [0.25, 0.3) is 0 Å². The molecule has 0 saturated carbocycles. The SMILES string of the molecule is CCc1nc2cccc3c2n1-c1ccc(-c2ccc4c(-c5cccc6ccccc56)c5ccccc5c(-c5cccc6ccccc56)c4c2)cc1O3. The van der Waals surface area contributed by atoms with Crippen molar-refractivity contribution in [2.45, 2.75) is 13.3 Å². The number of aromatic nitrogens is 2. The van der Waals surface area contributed by atoms with Crippen molar-refractivity contribution in [2.24, 2.45) is 0 Å². The second kappa shape index (κ2) is 11.1. The Bertz CT molecular complexity index is 3090. The minimum absolute atomic E-state index is 0.837. The van der Waals surface area contributed by atoms with E-state index in [1.54, 1.807) is 0 Å². The van der Waals surface area contributed by atoms with Crippen molar-refractivity contribution in [2.75, 3.05) is 0 Å². The van der Waals surface area contributed by atoms with Crippen LogP contribution in [0.1, 0.15) is 12.7 Å². The summed E-state index contributed by atoms with van der Waals surface area (Å²) in [6, 6.07) is 59.6. The number of aryl methyl sites for hydroxylation is 1. The molecule has 1 aromatic heterocycles. The summed E-state index contributed by atoms with van der Waals surface area (Å²) in [5, 5.41) is 9.93. The lowest BCUT2D eigenvalue weighted by Crippen LogP contribution is -2.07. The predicted octanol–water partition coefficient (Wildman–Crippen LogP) is 13.3. The van der Waals surface area contributed by atoms with Crippen LogP contribution in [-0.4, -0.2) is 9.55 Å². The molecule has 0 saturated heterocycles. The largest absolute Gasteiger partial charge is 0.453 e. The quantitative estimate of drug-likeness (QED) is 0.175. The Hall–Kier alpha value is -6.71. The summed E-state index contributed by atoms with van der Waals surface area (Å²) >= 11 is 0. The summed E-state index contributed by atoms with van der Waals surface area (Å²) < 4.78 is 8.89. The second-order valence-electron chi connectivity index (χ2n) is 13.7. The van der Waals surface area contributed by atoms with Gasteiger partial charge in [0.1, 0.15) is 11.3 Å². The highest BCUT2D eigenvalue weighted by molar-refractivity contribution is 6.25. The number of rotatable bonds is 4. The third kappa shape index (κ3) is 4.17. The van der Waals surface area contributed by atoms with Gasteiger partial charge in [0, 0.05) is 6.42 Å². The molecule has 1 aliphatic heterocycles. The van der Waals surface area contributed by atoms with E-state index in [-0.39, 0.29) is 0 Å². The highest BCUT2D eigenvalue weighted by Crippen LogP contribution is 2.48. The molecule has 0 amide bonds. The van der Waals surface area contributed by atoms with Gasteiger partial charge in [-0.3, -0.25) is 4.57 Å². The Morgan fingerprint density at radius 3 is 1.73 bits per heavy atom. The average molecular weight is 665 g/mol. The Morgan fingerprint density at radius 1 is 0.481 bits per heavy atom. The number of imidazole rings is 1. The monoisotopic (exact) mass is 664 g/mol. The second-order valence-corrected chi connectivity index (χ2v) is 13.7. The van der Waals surface area contributed by atoms with Crippen LogP contribution in [0.5, 0.6) is 11.5 Å². The first-order valence-electron chi connectivity index (χ1n) is 18.0. The van der Waals surface area contributed by atoms with E-state index in [2.05, 4.69) is 163 Å². The molecule has 0 atom stereocenters. The number of hydrogen-bond acceptors (Lipinski definition) is 2. The maximum atomic E-state index is 6.61. The van der Waals surface area contributed by atoms with Crippen molar-refractivity contribution < 1.29 is 4.74 Å². The zero-order valence-electron chi connectivity index (χ0n) is 28.6. The molecule has 0 spiro atoms. The fourth-order valence-corrected chi connectivity index (χ4v) is 8.63. The van der Waals surface area contributed by atoms with Crippen LogP contribution in [0.25, 0.3) is 93.2 Å². The minimum atomic E-state index is 0.837. The van der Waals surface area contributed by atoms with E-state index in [1.165, 1.54) is 65.3 Å². The number of nitrogens with zero attached hydrogens (tertiary/aromatic N) is 2. The van der Waals surface area contributed by atoms with E-state index >= 15 is 0 Å². The van der Waals surface area contributed by atoms with Crippen LogP contribution in [0.3, 0.4) is 0 Å². The van der Waals surface area contributed by atoms with Crippen LogP contribution in [0.15, 0.2) is 164 Å².